The molecule has 0 amide bonds. The molecule has 4 nitrogen and oxygen atoms in total. The predicted molar refractivity (Wildman–Crippen MR) is 69.7 cm³/mol. The summed E-state index contributed by atoms with van der Waals surface area (Å²) in [4.78, 5) is 14.2. The van der Waals surface area contributed by atoms with Crippen molar-refractivity contribution >= 4 is 16.9 Å². The molecule has 0 radical (unpaired) electrons. The molecule has 4 heteroatoms. The lowest BCUT2D eigenvalue weighted by molar-refractivity contribution is -0.150. The van der Waals surface area contributed by atoms with Crippen molar-refractivity contribution < 1.29 is 14.6 Å². The molecule has 2 rings (SSSR count). The summed E-state index contributed by atoms with van der Waals surface area (Å²) < 4.78 is 5.34. The van der Waals surface area contributed by atoms with E-state index in [2.05, 4.69) is 4.98 Å². The van der Waals surface area contributed by atoms with Crippen molar-refractivity contribution in [2.24, 2.45) is 0 Å². The highest BCUT2D eigenvalue weighted by Crippen LogP contribution is 2.16. The summed E-state index contributed by atoms with van der Waals surface area (Å²) in [7, 11) is 0. The lowest BCUT2D eigenvalue weighted by Crippen LogP contribution is -2.26. The molecule has 2 N–H and O–H groups in total. The van der Waals surface area contributed by atoms with Crippen LogP contribution < -0.4 is 0 Å². The monoisotopic (exact) mass is 247 g/mol. The minimum atomic E-state index is -0.905. The van der Waals surface area contributed by atoms with E-state index in [9.17, 15) is 4.79 Å². The van der Waals surface area contributed by atoms with Crippen LogP contribution in [0.4, 0.5) is 0 Å². The van der Waals surface area contributed by atoms with Gasteiger partial charge in [0, 0.05) is 24.7 Å². The van der Waals surface area contributed by atoms with Crippen LogP contribution in [-0.2, 0) is 16.0 Å². The van der Waals surface area contributed by atoms with E-state index in [0.29, 0.717) is 13.0 Å². The number of H-pyrrole nitrogens is 1. The Morgan fingerprint density at radius 2 is 2.28 bits per heavy atom. The molecule has 1 aromatic carbocycles. The molecule has 0 aliphatic rings. The summed E-state index contributed by atoms with van der Waals surface area (Å²) in [6.07, 6.45) is 2.33. The predicted octanol–water partition coefficient (Wildman–Crippen LogP) is 2.59. The van der Waals surface area contributed by atoms with Crippen LogP contribution in [0.25, 0.3) is 10.9 Å². The van der Waals surface area contributed by atoms with Crippen LogP contribution in [-0.4, -0.2) is 28.8 Å². The first-order chi connectivity index (χ1) is 8.70. The van der Waals surface area contributed by atoms with E-state index in [1.54, 1.807) is 0 Å². The van der Waals surface area contributed by atoms with Crippen molar-refractivity contribution in [1.29, 1.82) is 0 Å². The maximum Gasteiger partial charge on any atom is 0.333 e. The molecule has 0 aliphatic heterocycles. The van der Waals surface area contributed by atoms with Gasteiger partial charge in [-0.15, -0.1) is 0 Å². The average Bonchev–Trinajstić information content (AvgIpc) is 2.81. The molecule has 0 spiro atoms. The van der Waals surface area contributed by atoms with Crippen LogP contribution in [0, 0.1) is 0 Å². The van der Waals surface area contributed by atoms with Crippen LogP contribution in [0.2, 0.25) is 0 Å². The summed E-state index contributed by atoms with van der Waals surface area (Å²) >= 11 is 0. The van der Waals surface area contributed by atoms with E-state index >= 15 is 0 Å². The van der Waals surface area contributed by atoms with Crippen LogP contribution in [0.5, 0.6) is 0 Å². The largest absolute Gasteiger partial charge is 0.479 e. The minimum Gasteiger partial charge on any atom is -0.479 e. The number of aromatic amines is 1. The fourth-order valence-electron chi connectivity index (χ4n) is 1.92. The molecule has 1 heterocycles. The average molecular weight is 247 g/mol. The summed E-state index contributed by atoms with van der Waals surface area (Å²) in [5.74, 6) is -0.905. The number of ether oxygens (including phenoxy) is 1. The van der Waals surface area contributed by atoms with E-state index < -0.39 is 12.1 Å². The second-order valence-electron chi connectivity index (χ2n) is 4.30. The Morgan fingerprint density at radius 1 is 1.44 bits per heavy atom. The highest BCUT2D eigenvalue weighted by atomic mass is 16.5. The number of carboxylic acids is 1. The Balaban J connectivity index is 2.11. The van der Waals surface area contributed by atoms with Gasteiger partial charge in [0.1, 0.15) is 0 Å². The fourth-order valence-corrected chi connectivity index (χ4v) is 1.92. The maximum absolute atomic E-state index is 11.1. The van der Waals surface area contributed by atoms with E-state index in [4.69, 9.17) is 9.84 Å². The minimum absolute atomic E-state index is 0.399. The zero-order valence-electron chi connectivity index (χ0n) is 10.3. The molecule has 18 heavy (non-hydrogen) atoms. The Morgan fingerprint density at radius 3 is 3.00 bits per heavy atom. The maximum atomic E-state index is 11.1. The van der Waals surface area contributed by atoms with Gasteiger partial charge >= 0.3 is 5.97 Å². The van der Waals surface area contributed by atoms with Crippen molar-refractivity contribution in [3.63, 3.8) is 0 Å². The molecule has 96 valence electrons. The molecule has 2 aromatic rings. The van der Waals surface area contributed by atoms with Crippen LogP contribution >= 0.6 is 0 Å². The number of nitrogens with one attached hydrogen (secondary N) is 1. The second-order valence-corrected chi connectivity index (χ2v) is 4.30. The highest BCUT2D eigenvalue weighted by Gasteiger charge is 2.18. The van der Waals surface area contributed by atoms with Gasteiger partial charge in [0.25, 0.3) is 0 Å². The first-order valence-electron chi connectivity index (χ1n) is 6.11. The molecule has 1 atom stereocenters. The Kier molecular flexibility index (Phi) is 3.99. The van der Waals surface area contributed by atoms with E-state index in [0.717, 1.165) is 22.9 Å². The topological polar surface area (TPSA) is 62.3 Å². The van der Waals surface area contributed by atoms with E-state index in [1.165, 1.54) is 0 Å². The van der Waals surface area contributed by atoms with Crippen molar-refractivity contribution in [2.75, 3.05) is 6.61 Å². The van der Waals surface area contributed by atoms with Gasteiger partial charge in [0.2, 0.25) is 0 Å². The van der Waals surface area contributed by atoms with E-state index in [-0.39, 0.29) is 0 Å². The number of aliphatic carboxylic acids is 1. The van der Waals surface area contributed by atoms with Gasteiger partial charge in [0.05, 0.1) is 0 Å². The number of carbonyl (C=O) groups is 1. The van der Waals surface area contributed by atoms with Crippen LogP contribution in [0.15, 0.2) is 30.5 Å². The summed E-state index contributed by atoms with van der Waals surface area (Å²) in [6.45, 7) is 2.44. The molecule has 0 saturated carbocycles. The Bertz CT molecular complexity index is 533. The number of benzene rings is 1. The molecule has 1 unspecified atom stereocenters. The third-order valence-electron chi connectivity index (χ3n) is 2.84. The molecule has 0 bridgehead atoms. The molecule has 0 saturated heterocycles. The van der Waals surface area contributed by atoms with Gasteiger partial charge in [-0.1, -0.05) is 13.0 Å². The van der Waals surface area contributed by atoms with Crippen molar-refractivity contribution in [1.82, 2.24) is 4.98 Å². The first kappa shape index (κ1) is 12.6. The third-order valence-corrected chi connectivity index (χ3v) is 2.84. The number of aromatic nitrogens is 1. The first-order valence-corrected chi connectivity index (χ1v) is 6.11. The molecular formula is C14H17NO3. The number of rotatable bonds is 6. The normalized spacial score (nSPS) is 12.7. The second kappa shape index (κ2) is 5.69. The van der Waals surface area contributed by atoms with Gasteiger partial charge in [-0.2, -0.15) is 0 Å². The van der Waals surface area contributed by atoms with Crippen LogP contribution in [0.3, 0.4) is 0 Å². The number of fused-ring (bicyclic) bond motifs is 1. The lowest BCUT2D eigenvalue weighted by Gasteiger charge is -2.13. The number of hydrogen-bond donors (Lipinski definition) is 2. The number of hydrogen-bond acceptors (Lipinski definition) is 2. The zero-order valence-corrected chi connectivity index (χ0v) is 10.3. The van der Waals surface area contributed by atoms with Crippen molar-refractivity contribution in [2.45, 2.75) is 25.9 Å². The van der Waals surface area contributed by atoms with Gasteiger partial charge in [-0.25, -0.2) is 4.79 Å². The van der Waals surface area contributed by atoms with Crippen molar-refractivity contribution in [3.05, 3.63) is 36.0 Å². The summed E-state index contributed by atoms with van der Waals surface area (Å²) in [5, 5.41) is 10.2. The van der Waals surface area contributed by atoms with Crippen molar-refractivity contribution in [3.8, 4) is 0 Å². The fraction of sp³-hybridized carbons (Fsp3) is 0.357. The highest BCUT2D eigenvalue weighted by molar-refractivity contribution is 5.80. The lowest BCUT2D eigenvalue weighted by atomic mass is 10.1. The SMILES string of the molecule is CCCOC(Cc1ccc2[nH]ccc2c1)C(=O)O. The third kappa shape index (κ3) is 2.90. The summed E-state index contributed by atoms with van der Waals surface area (Å²) in [5.41, 5.74) is 2.03. The zero-order chi connectivity index (χ0) is 13.0. The quantitative estimate of drug-likeness (QED) is 0.824. The molecule has 0 aliphatic carbocycles. The smallest absolute Gasteiger partial charge is 0.333 e. The molecular weight excluding hydrogens is 230 g/mol. The van der Waals surface area contributed by atoms with Gasteiger partial charge in [-0.05, 0) is 35.6 Å². The molecule has 0 fully saturated rings. The van der Waals surface area contributed by atoms with Gasteiger partial charge in [-0.3, -0.25) is 0 Å². The standard InChI is InChI=1S/C14H17NO3/c1-2-7-18-13(14(16)17)9-10-3-4-12-11(8-10)5-6-15-12/h3-6,8,13,15H,2,7,9H2,1H3,(H,16,17). The Labute approximate surface area is 106 Å². The van der Waals surface area contributed by atoms with Gasteiger partial charge < -0.3 is 14.8 Å². The van der Waals surface area contributed by atoms with E-state index in [1.807, 2.05) is 37.4 Å². The molecule has 1 aromatic heterocycles. The summed E-state index contributed by atoms with van der Waals surface area (Å²) in [6, 6.07) is 7.87. The van der Waals surface area contributed by atoms with Gasteiger partial charge in [0.15, 0.2) is 6.10 Å². The van der Waals surface area contributed by atoms with Crippen LogP contribution in [0.1, 0.15) is 18.9 Å². The Hall–Kier alpha value is -1.81. The number of carboxylic acid groups (broad SMARTS) is 1.